The summed E-state index contributed by atoms with van der Waals surface area (Å²) >= 11 is 13.9. The number of nitrogen functional groups attached to an aromatic ring is 1. The highest BCUT2D eigenvalue weighted by Gasteiger charge is 2.13. The highest BCUT2D eigenvalue weighted by molar-refractivity contribution is 7.09. The number of nitrogens with one attached hydrogen (secondary N) is 1. The molecule has 0 aliphatic carbocycles. The second-order valence-electron chi connectivity index (χ2n) is 5.96. The molecule has 1 amide bonds. The largest absolute Gasteiger partial charge is 0.485 e. The van der Waals surface area contributed by atoms with E-state index in [0.29, 0.717) is 39.9 Å². The van der Waals surface area contributed by atoms with Crippen molar-refractivity contribution in [2.24, 2.45) is 0 Å². The molecule has 3 N–H and O–H groups in total. The maximum absolute atomic E-state index is 12.4. The van der Waals surface area contributed by atoms with E-state index >= 15 is 0 Å². The molecule has 0 radical (unpaired) electrons. The fraction of sp³-hybridized carbons (Fsp3) is 0.211. The first kappa shape index (κ1) is 20.4. The Balaban J connectivity index is 1.62. The summed E-state index contributed by atoms with van der Waals surface area (Å²) in [6.45, 7) is 2.53. The summed E-state index contributed by atoms with van der Waals surface area (Å²) < 4.78 is 5.71. The maximum atomic E-state index is 12.4. The third-order valence-corrected chi connectivity index (χ3v) is 5.44. The van der Waals surface area contributed by atoms with Gasteiger partial charge in [-0.05, 0) is 25.1 Å². The van der Waals surface area contributed by atoms with Gasteiger partial charge >= 0.3 is 0 Å². The molecular formula is C19H18Cl2N4O2S. The summed E-state index contributed by atoms with van der Waals surface area (Å²) in [7, 11) is 0. The van der Waals surface area contributed by atoms with Crippen LogP contribution in [0.5, 0.6) is 5.75 Å². The Hall–Kier alpha value is -2.35. The zero-order valence-corrected chi connectivity index (χ0v) is 17.4. The van der Waals surface area contributed by atoms with Gasteiger partial charge in [-0.2, -0.15) is 0 Å². The zero-order chi connectivity index (χ0) is 20.1. The van der Waals surface area contributed by atoms with Crippen molar-refractivity contribution in [3.05, 3.63) is 67.7 Å². The number of rotatable bonds is 7. The number of nitrogens with two attached hydrogens (primary N) is 1. The van der Waals surface area contributed by atoms with Gasteiger partial charge in [-0.1, -0.05) is 29.3 Å². The lowest BCUT2D eigenvalue weighted by atomic mass is 10.2. The predicted molar refractivity (Wildman–Crippen MR) is 112 cm³/mol. The molecule has 0 saturated carbocycles. The van der Waals surface area contributed by atoms with E-state index < -0.39 is 0 Å². The molecule has 146 valence electrons. The monoisotopic (exact) mass is 436 g/mol. The molecule has 0 aliphatic rings. The normalized spacial score (nSPS) is 10.7. The number of nitrogens with zero attached hydrogens (tertiary/aromatic N) is 2. The number of thiazole rings is 1. The SMILES string of the molecule is Cc1nc(CCNC(=O)c2cnc(N)c(OCc3c(Cl)cccc3Cl)c2)cs1. The second kappa shape index (κ2) is 9.23. The van der Waals surface area contributed by atoms with E-state index in [1.54, 1.807) is 35.6 Å². The van der Waals surface area contributed by atoms with Crippen LogP contribution in [0.1, 0.15) is 26.6 Å². The number of benzene rings is 1. The topological polar surface area (TPSA) is 90.1 Å². The van der Waals surface area contributed by atoms with Crippen molar-refractivity contribution in [1.82, 2.24) is 15.3 Å². The number of anilines is 1. The van der Waals surface area contributed by atoms with Crippen molar-refractivity contribution in [2.45, 2.75) is 20.0 Å². The van der Waals surface area contributed by atoms with Gasteiger partial charge in [-0.25, -0.2) is 9.97 Å². The van der Waals surface area contributed by atoms with Gasteiger partial charge in [-0.3, -0.25) is 4.79 Å². The number of carbonyl (C=O) groups is 1. The van der Waals surface area contributed by atoms with Crippen molar-refractivity contribution in [3.8, 4) is 5.75 Å². The minimum absolute atomic E-state index is 0.110. The molecule has 3 rings (SSSR count). The van der Waals surface area contributed by atoms with E-state index in [-0.39, 0.29) is 18.3 Å². The first-order chi connectivity index (χ1) is 13.4. The van der Waals surface area contributed by atoms with E-state index in [1.165, 1.54) is 6.20 Å². The number of hydrogen-bond acceptors (Lipinski definition) is 6. The Labute approximate surface area is 176 Å². The Morgan fingerprint density at radius 1 is 1.32 bits per heavy atom. The first-order valence-corrected chi connectivity index (χ1v) is 10.1. The molecule has 0 fully saturated rings. The fourth-order valence-corrected chi connectivity index (χ4v) is 3.60. The zero-order valence-electron chi connectivity index (χ0n) is 15.0. The number of aromatic nitrogens is 2. The van der Waals surface area contributed by atoms with Crippen LogP contribution in [0.25, 0.3) is 0 Å². The van der Waals surface area contributed by atoms with E-state index in [1.807, 2.05) is 12.3 Å². The van der Waals surface area contributed by atoms with Crippen LogP contribution in [-0.2, 0) is 13.0 Å². The van der Waals surface area contributed by atoms with Gasteiger partial charge in [-0.15, -0.1) is 11.3 Å². The molecule has 0 saturated heterocycles. The summed E-state index contributed by atoms with van der Waals surface area (Å²) in [6, 6.07) is 6.75. The second-order valence-corrected chi connectivity index (χ2v) is 7.84. The lowest BCUT2D eigenvalue weighted by Crippen LogP contribution is -2.26. The van der Waals surface area contributed by atoms with E-state index in [9.17, 15) is 4.79 Å². The van der Waals surface area contributed by atoms with Crippen LogP contribution >= 0.6 is 34.5 Å². The Kier molecular flexibility index (Phi) is 6.72. The number of hydrogen-bond donors (Lipinski definition) is 2. The highest BCUT2D eigenvalue weighted by atomic mass is 35.5. The van der Waals surface area contributed by atoms with Gasteiger partial charge in [0.1, 0.15) is 6.61 Å². The number of ether oxygens (including phenoxy) is 1. The van der Waals surface area contributed by atoms with Gasteiger partial charge in [0.05, 0.1) is 16.3 Å². The molecule has 2 heterocycles. The van der Waals surface area contributed by atoms with Crippen molar-refractivity contribution >= 4 is 46.3 Å². The summed E-state index contributed by atoms with van der Waals surface area (Å²) in [4.78, 5) is 20.8. The van der Waals surface area contributed by atoms with Gasteiger partial charge in [0.2, 0.25) is 0 Å². The van der Waals surface area contributed by atoms with Gasteiger partial charge in [0.15, 0.2) is 11.6 Å². The molecule has 28 heavy (non-hydrogen) atoms. The molecule has 0 bridgehead atoms. The number of halogens is 2. The molecule has 9 heteroatoms. The minimum atomic E-state index is -0.264. The van der Waals surface area contributed by atoms with Crippen LogP contribution in [-0.4, -0.2) is 22.4 Å². The molecule has 0 unspecified atom stereocenters. The minimum Gasteiger partial charge on any atom is -0.485 e. The molecule has 0 atom stereocenters. The number of aryl methyl sites for hydroxylation is 1. The molecule has 0 aliphatic heterocycles. The third-order valence-electron chi connectivity index (χ3n) is 3.91. The maximum Gasteiger partial charge on any atom is 0.252 e. The smallest absolute Gasteiger partial charge is 0.252 e. The summed E-state index contributed by atoms with van der Waals surface area (Å²) in [5.74, 6) is 0.205. The van der Waals surface area contributed by atoms with Crippen molar-refractivity contribution in [2.75, 3.05) is 12.3 Å². The molecule has 2 aromatic heterocycles. The molecule has 3 aromatic rings. The van der Waals surface area contributed by atoms with Crippen molar-refractivity contribution < 1.29 is 9.53 Å². The van der Waals surface area contributed by atoms with Crippen LogP contribution in [0.3, 0.4) is 0 Å². The standard InChI is InChI=1S/C19H18Cl2N4O2S/c1-11-25-13(10-28-11)5-6-23-19(26)12-7-17(18(22)24-8-12)27-9-14-15(20)3-2-4-16(14)21/h2-4,7-8,10H,5-6,9H2,1H3,(H2,22,24)(H,23,26). The van der Waals surface area contributed by atoms with Crippen LogP contribution in [0.4, 0.5) is 5.82 Å². The van der Waals surface area contributed by atoms with E-state index in [2.05, 4.69) is 15.3 Å². The highest BCUT2D eigenvalue weighted by Crippen LogP contribution is 2.27. The fourth-order valence-electron chi connectivity index (χ4n) is 2.44. The molecule has 0 spiro atoms. The Morgan fingerprint density at radius 3 is 2.75 bits per heavy atom. The van der Waals surface area contributed by atoms with Crippen LogP contribution in [0.15, 0.2) is 35.8 Å². The molecular weight excluding hydrogens is 419 g/mol. The van der Waals surface area contributed by atoms with E-state index in [4.69, 9.17) is 33.7 Å². The predicted octanol–water partition coefficient (Wildman–Crippen LogP) is 4.29. The van der Waals surface area contributed by atoms with Gasteiger partial charge < -0.3 is 15.8 Å². The van der Waals surface area contributed by atoms with Gasteiger partial charge in [0.25, 0.3) is 5.91 Å². The third kappa shape index (κ3) is 5.13. The molecule has 6 nitrogen and oxygen atoms in total. The lowest BCUT2D eigenvalue weighted by molar-refractivity contribution is 0.0953. The Morgan fingerprint density at radius 2 is 2.07 bits per heavy atom. The van der Waals surface area contributed by atoms with Crippen molar-refractivity contribution in [1.29, 1.82) is 0 Å². The van der Waals surface area contributed by atoms with Crippen LogP contribution in [0, 0.1) is 6.92 Å². The Bertz CT molecular complexity index is 974. The first-order valence-electron chi connectivity index (χ1n) is 8.44. The van der Waals surface area contributed by atoms with Crippen molar-refractivity contribution in [3.63, 3.8) is 0 Å². The average molecular weight is 437 g/mol. The summed E-state index contributed by atoms with van der Waals surface area (Å²) in [5.41, 5.74) is 7.81. The van der Waals surface area contributed by atoms with Crippen LogP contribution in [0.2, 0.25) is 10.0 Å². The average Bonchev–Trinajstić information content (AvgIpc) is 3.07. The van der Waals surface area contributed by atoms with Gasteiger partial charge in [0, 0.05) is 40.2 Å². The summed E-state index contributed by atoms with van der Waals surface area (Å²) in [6.07, 6.45) is 2.07. The number of amides is 1. The van der Waals surface area contributed by atoms with E-state index in [0.717, 1.165) is 10.7 Å². The quantitative estimate of drug-likeness (QED) is 0.576. The number of pyridine rings is 1. The molecule has 1 aromatic carbocycles. The summed E-state index contributed by atoms with van der Waals surface area (Å²) in [5, 5.41) is 6.81. The number of carbonyl (C=O) groups excluding carboxylic acids is 1. The van der Waals surface area contributed by atoms with Crippen LogP contribution < -0.4 is 15.8 Å². The lowest BCUT2D eigenvalue weighted by Gasteiger charge is -2.12.